The van der Waals surface area contributed by atoms with Crippen LogP contribution in [0.15, 0.2) is 47.8 Å². The molecule has 1 aliphatic heterocycles. The van der Waals surface area contributed by atoms with Crippen LogP contribution < -0.4 is 4.90 Å². The number of pyridine rings is 1. The zero-order valence-electron chi connectivity index (χ0n) is 21.2. The van der Waals surface area contributed by atoms with E-state index in [1.807, 2.05) is 50.4 Å². The lowest BCUT2D eigenvalue weighted by Gasteiger charge is -2.31. The number of aryl methyl sites for hydroxylation is 3. The second kappa shape index (κ2) is 11.4. The molecule has 2 aromatic heterocycles. The summed E-state index contributed by atoms with van der Waals surface area (Å²) in [5, 5.41) is 22.7. The summed E-state index contributed by atoms with van der Waals surface area (Å²) >= 11 is 0. The van der Waals surface area contributed by atoms with Crippen molar-refractivity contribution in [2.24, 2.45) is 5.16 Å². The van der Waals surface area contributed by atoms with Crippen molar-refractivity contribution in [3.05, 3.63) is 70.8 Å². The zero-order chi connectivity index (χ0) is 24.8. The summed E-state index contributed by atoms with van der Waals surface area (Å²) < 4.78 is 1.71. The molecule has 0 saturated heterocycles. The summed E-state index contributed by atoms with van der Waals surface area (Å²) in [5.74, 6) is 0. The number of aliphatic hydroxyl groups excluding tert-OH is 1. The highest BCUT2D eigenvalue weighted by atomic mass is 16.6. The molecule has 0 spiro atoms. The van der Waals surface area contributed by atoms with Gasteiger partial charge in [0, 0.05) is 25.2 Å². The predicted molar refractivity (Wildman–Crippen MR) is 138 cm³/mol. The lowest BCUT2D eigenvalue weighted by Crippen LogP contribution is -2.32. The molecule has 0 bridgehead atoms. The molecule has 0 unspecified atom stereocenters. The maximum atomic E-state index is 9.87. The number of aliphatic hydroxyl groups is 1. The Kier molecular flexibility index (Phi) is 8.13. The summed E-state index contributed by atoms with van der Waals surface area (Å²) in [6.07, 6.45) is 5.17. The number of benzene rings is 1. The Morgan fingerprint density at radius 2 is 2.03 bits per heavy atom. The van der Waals surface area contributed by atoms with E-state index in [1.165, 1.54) is 16.9 Å². The van der Waals surface area contributed by atoms with Crippen LogP contribution in [0.1, 0.15) is 67.0 Å². The van der Waals surface area contributed by atoms with Crippen LogP contribution in [0.4, 0.5) is 5.69 Å². The molecule has 0 aliphatic carbocycles. The third-order valence-corrected chi connectivity index (χ3v) is 6.66. The summed E-state index contributed by atoms with van der Waals surface area (Å²) in [4.78, 5) is 13.0. The van der Waals surface area contributed by atoms with Crippen molar-refractivity contribution >= 4 is 11.4 Å². The van der Waals surface area contributed by atoms with Crippen molar-refractivity contribution in [1.29, 1.82) is 0 Å². The fourth-order valence-corrected chi connectivity index (χ4v) is 4.34. The molecule has 3 aromatic rings. The Hall–Kier alpha value is -3.26. The van der Waals surface area contributed by atoms with Crippen LogP contribution in [-0.4, -0.2) is 50.5 Å². The van der Waals surface area contributed by atoms with Crippen LogP contribution in [-0.2, 0) is 17.7 Å². The Morgan fingerprint density at radius 3 is 2.80 bits per heavy atom. The molecule has 4 rings (SSSR count). The highest BCUT2D eigenvalue weighted by molar-refractivity contribution is 5.82. The molecule has 0 radical (unpaired) electrons. The normalized spacial score (nSPS) is 15.6. The van der Waals surface area contributed by atoms with Crippen LogP contribution in [0, 0.1) is 13.8 Å². The number of hydrogen-bond acceptors (Lipinski definition) is 7. The Morgan fingerprint density at radius 1 is 1.23 bits per heavy atom. The van der Waals surface area contributed by atoms with Gasteiger partial charge in [-0.25, -0.2) is 4.68 Å². The summed E-state index contributed by atoms with van der Waals surface area (Å²) in [6.45, 7) is 10.0. The molecular formula is C27H36N6O2. The molecule has 2 atom stereocenters. The average Bonchev–Trinajstić information content (AvgIpc) is 3.36. The van der Waals surface area contributed by atoms with Gasteiger partial charge in [-0.3, -0.25) is 4.98 Å². The quantitative estimate of drug-likeness (QED) is 0.345. The van der Waals surface area contributed by atoms with Crippen LogP contribution in [0.2, 0.25) is 0 Å². The van der Waals surface area contributed by atoms with Gasteiger partial charge in [0.2, 0.25) is 0 Å². The van der Waals surface area contributed by atoms with Crippen molar-refractivity contribution in [2.75, 3.05) is 24.6 Å². The molecule has 0 saturated carbocycles. The Bertz CT molecular complexity index is 1140. The minimum absolute atomic E-state index is 0.0154. The molecule has 0 fully saturated rings. The summed E-state index contributed by atoms with van der Waals surface area (Å²) in [6, 6.07) is 12.2. The molecule has 186 valence electrons. The number of anilines is 1. The number of nitrogens with zero attached hydrogens (tertiary/aromatic N) is 6. The number of oxime groups is 1. The van der Waals surface area contributed by atoms with Crippen molar-refractivity contribution in [3.8, 4) is 0 Å². The van der Waals surface area contributed by atoms with Crippen LogP contribution in [0.25, 0.3) is 0 Å². The zero-order valence-corrected chi connectivity index (χ0v) is 21.2. The Balaban J connectivity index is 1.32. The maximum absolute atomic E-state index is 9.87. The van der Waals surface area contributed by atoms with Crippen LogP contribution >= 0.6 is 0 Å². The molecular weight excluding hydrogens is 440 g/mol. The third kappa shape index (κ3) is 6.25. The van der Waals surface area contributed by atoms with Gasteiger partial charge < -0.3 is 14.8 Å². The van der Waals surface area contributed by atoms with Crippen LogP contribution in [0.5, 0.6) is 0 Å². The minimum atomic E-state index is -0.333. The van der Waals surface area contributed by atoms with Crippen molar-refractivity contribution < 1.29 is 9.94 Å². The number of aromatic nitrogens is 4. The van der Waals surface area contributed by atoms with Gasteiger partial charge in [-0.15, -0.1) is 5.10 Å². The smallest absolute Gasteiger partial charge is 0.169 e. The second-order valence-corrected chi connectivity index (χ2v) is 9.42. The van der Waals surface area contributed by atoms with Gasteiger partial charge in [0.1, 0.15) is 5.69 Å². The monoisotopic (exact) mass is 476 g/mol. The van der Waals surface area contributed by atoms with Crippen LogP contribution in [0.3, 0.4) is 0 Å². The molecule has 3 heterocycles. The molecule has 8 heteroatoms. The van der Waals surface area contributed by atoms with Gasteiger partial charge in [0.15, 0.2) is 6.10 Å². The molecule has 1 aromatic carbocycles. The largest absolute Gasteiger partial charge is 0.394 e. The van der Waals surface area contributed by atoms with E-state index in [9.17, 15) is 5.11 Å². The number of hydrogen-bond donors (Lipinski definition) is 1. The first-order chi connectivity index (χ1) is 16.9. The van der Waals surface area contributed by atoms with E-state index in [2.05, 4.69) is 40.3 Å². The number of fused-ring (bicyclic) bond motifs is 1. The van der Waals surface area contributed by atoms with Crippen molar-refractivity contribution in [3.63, 3.8) is 0 Å². The molecule has 1 N–H and O–H groups in total. The predicted octanol–water partition coefficient (Wildman–Crippen LogP) is 4.36. The molecule has 8 nitrogen and oxygen atoms in total. The fraction of sp³-hybridized carbons (Fsp3) is 0.481. The van der Waals surface area contributed by atoms with E-state index in [-0.39, 0.29) is 18.8 Å². The molecule has 35 heavy (non-hydrogen) atoms. The topological polar surface area (TPSA) is 88.7 Å². The first-order valence-electron chi connectivity index (χ1n) is 12.4. The first kappa shape index (κ1) is 24.9. The van der Waals surface area contributed by atoms with Gasteiger partial charge >= 0.3 is 0 Å². The van der Waals surface area contributed by atoms with Gasteiger partial charge in [-0.2, -0.15) is 0 Å². The fourth-order valence-electron chi connectivity index (χ4n) is 4.34. The lowest BCUT2D eigenvalue weighted by molar-refractivity contribution is 0.0685. The van der Waals surface area contributed by atoms with E-state index in [4.69, 9.17) is 9.82 Å². The van der Waals surface area contributed by atoms with E-state index in [0.29, 0.717) is 12.1 Å². The lowest BCUT2D eigenvalue weighted by atomic mass is 10.0. The third-order valence-electron chi connectivity index (χ3n) is 6.66. The summed E-state index contributed by atoms with van der Waals surface area (Å²) in [7, 11) is 0. The summed E-state index contributed by atoms with van der Waals surface area (Å²) in [5.41, 5.74) is 7.58. The van der Waals surface area contributed by atoms with Crippen molar-refractivity contribution in [2.45, 2.75) is 65.5 Å². The first-order valence-corrected chi connectivity index (χ1v) is 12.4. The van der Waals surface area contributed by atoms with E-state index in [0.717, 1.165) is 49.3 Å². The van der Waals surface area contributed by atoms with Crippen molar-refractivity contribution in [1.82, 2.24) is 20.0 Å². The average molecular weight is 477 g/mol. The highest BCUT2D eigenvalue weighted by Crippen LogP contribution is 2.28. The van der Waals surface area contributed by atoms with Gasteiger partial charge in [0.05, 0.1) is 35.9 Å². The second-order valence-electron chi connectivity index (χ2n) is 9.42. The minimum Gasteiger partial charge on any atom is -0.394 e. The van der Waals surface area contributed by atoms with E-state index < -0.39 is 0 Å². The standard InChI is InChI=1S/C27H36N6O2/c1-19-15-27-25(28-21(19)3)11-8-13-32(27)14-12-20(2)30-35-22(4)26-17-33(31-29-26)24(18-34)16-23-9-6-5-7-10-23/h5-7,9-10,15,17,22,24,34H,8,11-14,16,18H2,1-4H3/b30-20+/t22-,24+/m1/s1. The molecule has 0 amide bonds. The maximum Gasteiger partial charge on any atom is 0.169 e. The van der Waals surface area contributed by atoms with Gasteiger partial charge in [-0.05, 0) is 64.2 Å². The van der Waals surface area contributed by atoms with E-state index in [1.54, 1.807) is 4.68 Å². The van der Waals surface area contributed by atoms with Gasteiger partial charge in [-0.1, -0.05) is 40.7 Å². The van der Waals surface area contributed by atoms with E-state index >= 15 is 0 Å². The Labute approximate surface area is 207 Å². The molecule has 1 aliphatic rings. The highest BCUT2D eigenvalue weighted by Gasteiger charge is 2.20. The number of rotatable bonds is 10. The SMILES string of the molecule is C/C(CCN1CCCc2nc(C)c(C)cc21)=N\O[C@H](C)c1cn([C@H](CO)Cc2ccccc2)nn1. The van der Waals surface area contributed by atoms with Gasteiger partial charge in [0.25, 0.3) is 0 Å².